The van der Waals surface area contributed by atoms with E-state index in [0.29, 0.717) is 29.2 Å². The van der Waals surface area contributed by atoms with Gasteiger partial charge in [-0.2, -0.15) is 0 Å². The molecule has 0 unspecified atom stereocenters. The number of methoxy groups -OCH3 is 1. The molecule has 1 amide bonds. The smallest absolute Gasteiger partial charge is 0.256 e. The van der Waals surface area contributed by atoms with Gasteiger partial charge in [0.05, 0.1) is 23.9 Å². The highest BCUT2D eigenvalue weighted by atomic mass is 35.5. The lowest BCUT2D eigenvalue weighted by atomic mass is 10.1. The molecule has 0 saturated carbocycles. The molecular formula is C25H23ClN4O2S. The first-order chi connectivity index (χ1) is 16.1. The molecule has 33 heavy (non-hydrogen) atoms. The summed E-state index contributed by atoms with van der Waals surface area (Å²) in [4.78, 5) is 26.7. The van der Waals surface area contributed by atoms with Gasteiger partial charge >= 0.3 is 0 Å². The van der Waals surface area contributed by atoms with Gasteiger partial charge in [-0.1, -0.05) is 17.7 Å². The molecule has 4 aromatic rings. The van der Waals surface area contributed by atoms with Crippen molar-refractivity contribution in [1.82, 2.24) is 19.8 Å². The second-order valence-corrected chi connectivity index (χ2v) is 9.26. The fraction of sp³-hybridized carbons (Fsp3) is 0.240. The van der Waals surface area contributed by atoms with E-state index in [2.05, 4.69) is 15.3 Å². The van der Waals surface area contributed by atoms with E-state index in [0.717, 1.165) is 47.0 Å². The Hall–Kier alpha value is -3.00. The summed E-state index contributed by atoms with van der Waals surface area (Å²) >= 11 is 7.91. The highest BCUT2D eigenvalue weighted by molar-refractivity contribution is 7.13. The Kier molecular flexibility index (Phi) is 6.26. The van der Waals surface area contributed by atoms with Gasteiger partial charge in [0.15, 0.2) is 0 Å². The van der Waals surface area contributed by atoms with Gasteiger partial charge in [0.25, 0.3) is 5.91 Å². The standard InChI is InChI=1S/C25H23ClN4O2S/c1-32-21-6-4-17(5-7-21)24-28-20(16-33-24)15-29-9-11-30(12-10-29)25(31)22-14-19(26)13-18-3-2-8-27-23(18)22/h2-8,13-14,16H,9-12,15H2,1H3. The number of carbonyl (C=O) groups excluding carboxylic acids is 1. The van der Waals surface area contributed by atoms with E-state index >= 15 is 0 Å². The predicted octanol–water partition coefficient (Wildman–Crippen LogP) is 4.98. The topological polar surface area (TPSA) is 58.6 Å². The average Bonchev–Trinajstić information content (AvgIpc) is 3.32. The number of fused-ring (bicyclic) bond motifs is 1. The Balaban J connectivity index is 1.22. The first-order valence-electron chi connectivity index (χ1n) is 10.8. The Bertz CT molecular complexity index is 1280. The quantitative estimate of drug-likeness (QED) is 0.405. The summed E-state index contributed by atoms with van der Waals surface area (Å²) in [6.45, 7) is 3.70. The number of amides is 1. The van der Waals surface area contributed by atoms with Crippen LogP contribution in [0.5, 0.6) is 5.75 Å². The highest BCUT2D eigenvalue weighted by Crippen LogP contribution is 2.27. The molecule has 1 saturated heterocycles. The number of pyridine rings is 1. The fourth-order valence-electron chi connectivity index (χ4n) is 4.07. The molecule has 2 aromatic heterocycles. The Labute approximate surface area is 201 Å². The number of benzene rings is 2. The van der Waals surface area contributed by atoms with Crippen molar-refractivity contribution in [1.29, 1.82) is 0 Å². The van der Waals surface area contributed by atoms with Crippen molar-refractivity contribution < 1.29 is 9.53 Å². The molecule has 0 bridgehead atoms. The van der Waals surface area contributed by atoms with Crippen LogP contribution in [0.15, 0.2) is 60.1 Å². The molecule has 0 atom stereocenters. The number of hydrogen-bond acceptors (Lipinski definition) is 6. The number of hydrogen-bond donors (Lipinski definition) is 0. The van der Waals surface area contributed by atoms with E-state index in [-0.39, 0.29) is 5.91 Å². The minimum absolute atomic E-state index is 0.0173. The van der Waals surface area contributed by atoms with Crippen molar-refractivity contribution in [3.05, 3.63) is 76.4 Å². The van der Waals surface area contributed by atoms with Gasteiger partial charge in [0.1, 0.15) is 10.8 Å². The van der Waals surface area contributed by atoms with E-state index in [1.54, 1.807) is 30.7 Å². The van der Waals surface area contributed by atoms with Crippen LogP contribution in [-0.4, -0.2) is 59.0 Å². The number of ether oxygens (including phenoxy) is 1. The van der Waals surface area contributed by atoms with Crippen LogP contribution < -0.4 is 4.74 Å². The average molecular weight is 479 g/mol. The molecule has 1 aliphatic heterocycles. The fourth-order valence-corrected chi connectivity index (χ4v) is 5.12. The van der Waals surface area contributed by atoms with E-state index in [1.807, 2.05) is 47.4 Å². The van der Waals surface area contributed by atoms with Crippen molar-refractivity contribution in [2.45, 2.75) is 6.54 Å². The number of nitrogens with zero attached hydrogens (tertiary/aromatic N) is 4. The number of piperazine rings is 1. The number of aromatic nitrogens is 2. The second-order valence-electron chi connectivity index (χ2n) is 7.97. The summed E-state index contributed by atoms with van der Waals surface area (Å²) in [5, 5.41) is 4.54. The molecule has 8 heteroatoms. The van der Waals surface area contributed by atoms with E-state index < -0.39 is 0 Å². The molecule has 3 heterocycles. The molecule has 0 N–H and O–H groups in total. The lowest BCUT2D eigenvalue weighted by Gasteiger charge is -2.34. The molecule has 0 aliphatic carbocycles. The molecule has 1 aliphatic rings. The molecular weight excluding hydrogens is 456 g/mol. The summed E-state index contributed by atoms with van der Waals surface area (Å²) in [6.07, 6.45) is 1.71. The molecule has 0 radical (unpaired) electrons. The minimum Gasteiger partial charge on any atom is -0.497 e. The van der Waals surface area contributed by atoms with Crippen LogP contribution in [0, 0.1) is 0 Å². The van der Waals surface area contributed by atoms with Crippen LogP contribution in [0.3, 0.4) is 0 Å². The van der Waals surface area contributed by atoms with Crippen molar-refractivity contribution >= 4 is 39.7 Å². The first kappa shape index (κ1) is 21.8. The van der Waals surface area contributed by atoms with E-state index in [9.17, 15) is 4.79 Å². The molecule has 168 valence electrons. The van der Waals surface area contributed by atoms with Gasteiger partial charge in [0.2, 0.25) is 0 Å². The lowest BCUT2D eigenvalue weighted by Crippen LogP contribution is -2.48. The van der Waals surface area contributed by atoms with Gasteiger partial charge in [-0.15, -0.1) is 11.3 Å². The number of rotatable bonds is 5. The normalized spacial score (nSPS) is 14.5. The van der Waals surface area contributed by atoms with Crippen LogP contribution in [-0.2, 0) is 6.54 Å². The van der Waals surface area contributed by atoms with Crippen LogP contribution >= 0.6 is 22.9 Å². The van der Waals surface area contributed by atoms with Crippen molar-refractivity contribution in [2.75, 3.05) is 33.3 Å². The Morgan fingerprint density at radius 2 is 1.91 bits per heavy atom. The molecule has 6 nitrogen and oxygen atoms in total. The Morgan fingerprint density at radius 3 is 2.67 bits per heavy atom. The monoisotopic (exact) mass is 478 g/mol. The lowest BCUT2D eigenvalue weighted by molar-refractivity contribution is 0.0629. The van der Waals surface area contributed by atoms with Crippen LogP contribution in [0.25, 0.3) is 21.5 Å². The molecule has 5 rings (SSSR count). The third-order valence-electron chi connectivity index (χ3n) is 5.83. The molecule has 0 spiro atoms. The van der Waals surface area contributed by atoms with Crippen molar-refractivity contribution in [3.8, 4) is 16.3 Å². The summed E-state index contributed by atoms with van der Waals surface area (Å²) in [7, 11) is 1.66. The van der Waals surface area contributed by atoms with Gasteiger partial charge in [-0.05, 0) is 42.5 Å². The van der Waals surface area contributed by atoms with Gasteiger partial charge in [-0.3, -0.25) is 14.7 Å². The third-order valence-corrected chi connectivity index (χ3v) is 6.99. The first-order valence-corrected chi connectivity index (χ1v) is 12.0. The van der Waals surface area contributed by atoms with Crippen LogP contribution in [0.1, 0.15) is 16.1 Å². The Morgan fingerprint density at radius 1 is 1.12 bits per heavy atom. The zero-order valence-electron chi connectivity index (χ0n) is 18.2. The zero-order chi connectivity index (χ0) is 22.8. The summed E-state index contributed by atoms with van der Waals surface area (Å²) < 4.78 is 5.23. The SMILES string of the molecule is COc1ccc(-c2nc(CN3CCN(C(=O)c4cc(Cl)cc5cccnc45)CC3)cs2)cc1. The third kappa shape index (κ3) is 4.71. The maximum atomic E-state index is 13.2. The van der Waals surface area contributed by atoms with Gasteiger partial charge in [0, 0.05) is 60.3 Å². The van der Waals surface area contributed by atoms with Gasteiger partial charge in [-0.25, -0.2) is 4.98 Å². The predicted molar refractivity (Wildman–Crippen MR) is 132 cm³/mol. The van der Waals surface area contributed by atoms with Crippen LogP contribution in [0.2, 0.25) is 5.02 Å². The zero-order valence-corrected chi connectivity index (χ0v) is 19.8. The number of carbonyl (C=O) groups is 1. The summed E-state index contributed by atoms with van der Waals surface area (Å²) in [5.41, 5.74) is 3.40. The number of halogens is 1. The summed E-state index contributed by atoms with van der Waals surface area (Å²) in [6, 6.07) is 15.3. The van der Waals surface area contributed by atoms with E-state index in [1.165, 1.54) is 0 Å². The van der Waals surface area contributed by atoms with Crippen LogP contribution in [0.4, 0.5) is 0 Å². The highest BCUT2D eigenvalue weighted by Gasteiger charge is 2.24. The number of thiazole rings is 1. The molecule has 2 aromatic carbocycles. The largest absolute Gasteiger partial charge is 0.497 e. The van der Waals surface area contributed by atoms with Crippen molar-refractivity contribution in [3.63, 3.8) is 0 Å². The van der Waals surface area contributed by atoms with E-state index in [4.69, 9.17) is 21.3 Å². The summed E-state index contributed by atoms with van der Waals surface area (Å²) in [5.74, 6) is 0.820. The van der Waals surface area contributed by atoms with Gasteiger partial charge < -0.3 is 9.64 Å². The maximum absolute atomic E-state index is 13.2. The minimum atomic E-state index is -0.0173. The maximum Gasteiger partial charge on any atom is 0.256 e. The van der Waals surface area contributed by atoms with Crippen molar-refractivity contribution in [2.24, 2.45) is 0 Å². The molecule has 1 fully saturated rings. The second kappa shape index (κ2) is 9.47.